The molecule has 0 aliphatic rings. The van der Waals surface area contributed by atoms with Crippen LogP contribution in [0.4, 0.5) is 0 Å². The maximum atomic E-state index is 6.71. The Labute approximate surface area is 188 Å². The first-order valence-corrected chi connectivity index (χ1v) is 26.5. The van der Waals surface area contributed by atoms with Gasteiger partial charge in [-0.25, -0.2) is 0 Å². The van der Waals surface area contributed by atoms with E-state index < -0.39 is 42.3 Å². The predicted octanol–water partition coefficient (Wildman–Crippen LogP) is 7.76. The molecule has 0 unspecified atom stereocenters. The zero-order valence-corrected chi connectivity index (χ0v) is 26.5. The van der Waals surface area contributed by atoms with E-state index in [1.54, 1.807) is 0 Å². The molecule has 0 aliphatic carbocycles. The topological polar surface area (TPSA) is 36.9 Å². The molecule has 29 heavy (non-hydrogen) atoms. The largest absolute Gasteiger partial charge is 0.437 e. The maximum absolute atomic E-state index is 6.71. The van der Waals surface area contributed by atoms with Gasteiger partial charge in [0.1, 0.15) is 0 Å². The van der Waals surface area contributed by atoms with E-state index in [1.807, 2.05) is 0 Å². The molecule has 0 aromatic heterocycles. The Hall–Kier alpha value is 0.924. The summed E-state index contributed by atoms with van der Waals surface area (Å²) in [7, 11) is -10.1. The van der Waals surface area contributed by atoms with E-state index in [1.165, 1.54) is 44.6 Å². The van der Waals surface area contributed by atoms with Crippen LogP contribution < -0.4 is 0 Å². The average Bonchev–Trinajstić information content (AvgIpc) is 2.39. The highest BCUT2D eigenvalue weighted by molar-refractivity contribution is 6.90. The van der Waals surface area contributed by atoms with Crippen molar-refractivity contribution < 1.29 is 16.5 Å². The van der Waals surface area contributed by atoms with Gasteiger partial charge in [0, 0.05) is 0 Å². The monoisotopic (exact) mass is 495 g/mol. The lowest BCUT2D eigenvalue weighted by Crippen LogP contribution is -2.58. The first kappa shape index (κ1) is 29.9. The van der Waals surface area contributed by atoms with Crippen LogP contribution in [0.3, 0.4) is 0 Å². The molecule has 175 valence electrons. The van der Waals surface area contributed by atoms with Gasteiger partial charge < -0.3 is 16.5 Å². The van der Waals surface area contributed by atoms with E-state index in [0.29, 0.717) is 0 Å². The van der Waals surface area contributed by atoms with Gasteiger partial charge in [-0.1, -0.05) is 51.9 Å². The summed E-state index contributed by atoms with van der Waals surface area (Å²) < 4.78 is 26.2. The van der Waals surface area contributed by atoms with Crippen LogP contribution in [-0.2, 0) is 16.5 Å². The minimum Gasteiger partial charge on any atom is -0.437 e. The summed E-state index contributed by atoms with van der Waals surface area (Å²) in [6.07, 6.45) is 8.94. The van der Waals surface area contributed by atoms with Gasteiger partial charge in [0.15, 0.2) is 16.6 Å². The zero-order valence-electron chi connectivity index (χ0n) is 21.5. The van der Waals surface area contributed by atoms with E-state index >= 15 is 0 Å². The second-order valence-electron chi connectivity index (χ2n) is 11.2. The fourth-order valence-electron chi connectivity index (χ4n) is 4.13. The van der Waals surface area contributed by atoms with Gasteiger partial charge in [0.2, 0.25) is 0 Å². The number of unbranched alkanes of at least 4 members (excludes halogenated alkanes) is 6. The summed E-state index contributed by atoms with van der Waals surface area (Å²) in [6, 6.07) is 1.21. The number of hydrogen-bond donors (Lipinski definition) is 0. The van der Waals surface area contributed by atoms with E-state index in [-0.39, 0.29) is 0 Å². The van der Waals surface area contributed by atoms with Crippen LogP contribution in [0.5, 0.6) is 0 Å². The first-order valence-electron chi connectivity index (χ1n) is 11.5. The second-order valence-corrected chi connectivity index (χ2v) is 31.1. The van der Waals surface area contributed by atoms with E-state index in [2.05, 4.69) is 78.9 Å². The molecule has 0 aliphatic heterocycles. The smallest absolute Gasteiger partial charge is 0.314 e. The fourth-order valence-corrected chi connectivity index (χ4v) is 28.0. The van der Waals surface area contributed by atoms with Gasteiger partial charge in [-0.3, -0.25) is 0 Å². The highest BCUT2D eigenvalue weighted by Crippen LogP contribution is 2.27. The van der Waals surface area contributed by atoms with Gasteiger partial charge in [-0.2, -0.15) is 0 Å². The summed E-state index contributed by atoms with van der Waals surface area (Å²) in [4.78, 5) is 0. The maximum Gasteiger partial charge on any atom is 0.314 e. The predicted molar refractivity (Wildman–Crippen MR) is 140 cm³/mol. The summed E-state index contributed by atoms with van der Waals surface area (Å²) in [5, 5.41) is 0. The summed E-state index contributed by atoms with van der Waals surface area (Å²) >= 11 is 0. The van der Waals surface area contributed by atoms with Gasteiger partial charge >= 0.3 is 25.7 Å². The molecule has 0 atom stereocenters. The SMILES string of the molecule is [CH2]CCCCCCCC[Si](C)(C)O[Si](C)(C)O[Si](C)(C)O[Si](C)(C)O[Si](C)(C)C. The number of hydrogen-bond acceptors (Lipinski definition) is 4. The molecule has 0 fully saturated rings. The molecule has 0 saturated carbocycles. The molecule has 0 amide bonds. The standard InChI is InChI=1S/C20H51O4Si5/c1-13-14-15-16-17-18-19-20-26(5,6)22-28(9,10)24-29(11,12)23-27(7,8)21-25(2,3)4/h1,13-20H2,2-12H3. The zero-order chi connectivity index (χ0) is 23.0. The number of rotatable bonds is 16. The first-order chi connectivity index (χ1) is 12.9. The Kier molecular flexibility index (Phi) is 12.6. The van der Waals surface area contributed by atoms with Crippen LogP contribution in [0.25, 0.3) is 0 Å². The Morgan fingerprint density at radius 1 is 0.483 bits per heavy atom. The molecule has 0 aromatic rings. The molecular formula is C20H51O4Si5. The van der Waals surface area contributed by atoms with E-state index in [0.717, 1.165) is 6.42 Å². The second kappa shape index (κ2) is 12.2. The van der Waals surface area contributed by atoms with Crippen molar-refractivity contribution >= 4 is 42.3 Å². The minimum atomic E-state index is -2.32. The molecule has 0 N–H and O–H groups in total. The van der Waals surface area contributed by atoms with Crippen molar-refractivity contribution in [2.24, 2.45) is 0 Å². The van der Waals surface area contributed by atoms with Gasteiger partial charge in [-0.05, 0) is 78.1 Å². The summed E-state index contributed by atoms with van der Waals surface area (Å²) in [5.74, 6) is 0. The molecule has 1 radical (unpaired) electrons. The molecule has 0 saturated heterocycles. The van der Waals surface area contributed by atoms with Crippen molar-refractivity contribution in [3.05, 3.63) is 6.92 Å². The van der Waals surface area contributed by atoms with Crippen molar-refractivity contribution in [1.82, 2.24) is 0 Å². The van der Waals surface area contributed by atoms with Crippen LogP contribution in [-0.4, -0.2) is 42.3 Å². The fraction of sp³-hybridized carbons (Fsp3) is 0.950. The Morgan fingerprint density at radius 3 is 1.31 bits per heavy atom. The van der Waals surface area contributed by atoms with Crippen molar-refractivity contribution in [2.45, 2.75) is 123 Å². The van der Waals surface area contributed by atoms with Crippen LogP contribution in [0, 0.1) is 6.92 Å². The summed E-state index contributed by atoms with van der Waals surface area (Å²) in [6.45, 7) is 28.2. The summed E-state index contributed by atoms with van der Waals surface area (Å²) in [5.41, 5.74) is 0. The highest BCUT2D eigenvalue weighted by atomic mass is 28.5. The van der Waals surface area contributed by atoms with Crippen molar-refractivity contribution in [3.8, 4) is 0 Å². The van der Waals surface area contributed by atoms with Crippen molar-refractivity contribution in [1.29, 1.82) is 0 Å². The lowest BCUT2D eigenvalue weighted by molar-refractivity contribution is 0.299. The van der Waals surface area contributed by atoms with Gasteiger partial charge in [-0.15, -0.1) is 0 Å². The molecule has 4 nitrogen and oxygen atoms in total. The molecule has 0 aromatic carbocycles. The molecular weight excluding hydrogens is 445 g/mol. The third kappa shape index (κ3) is 17.2. The van der Waals surface area contributed by atoms with E-state index in [4.69, 9.17) is 16.5 Å². The lowest BCUT2D eigenvalue weighted by Gasteiger charge is -2.42. The average molecular weight is 496 g/mol. The third-order valence-corrected chi connectivity index (χ3v) is 22.4. The Balaban J connectivity index is 4.58. The Bertz CT molecular complexity index is 462. The van der Waals surface area contributed by atoms with Crippen molar-refractivity contribution in [2.75, 3.05) is 0 Å². The highest BCUT2D eigenvalue weighted by Gasteiger charge is 2.44. The van der Waals surface area contributed by atoms with Crippen LogP contribution in [0.2, 0.25) is 78.1 Å². The quantitative estimate of drug-likeness (QED) is 0.162. The molecule has 0 spiro atoms. The normalized spacial score (nSPS) is 14.5. The van der Waals surface area contributed by atoms with Crippen LogP contribution >= 0.6 is 0 Å². The molecule has 0 bridgehead atoms. The molecule has 0 rings (SSSR count). The Morgan fingerprint density at radius 2 is 0.862 bits per heavy atom. The van der Waals surface area contributed by atoms with Gasteiger partial charge in [0.25, 0.3) is 0 Å². The van der Waals surface area contributed by atoms with Crippen LogP contribution in [0.1, 0.15) is 44.9 Å². The lowest BCUT2D eigenvalue weighted by atomic mass is 10.1. The minimum absolute atomic E-state index is 1.07. The van der Waals surface area contributed by atoms with Gasteiger partial charge in [0.05, 0.1) is 0 Å². The van der Waals surface area contributed by atoms with E-state index in [9.17, 15) is 0 Å². The van der Waals surface area contributed by atoms with Crippen LogP contribution in [0.15, 0.2) is 0 Å². The molecule has 0 heterocycles. The third-order valence-electron chi connectivity index (χ3n) is 4.34. The van der Waals surface area contributed by atoms with Crippen molar-refractivity contribution in [3.63, 3.8) is 0 Å². The molecule has 9 heteroatoms.